The molecule has 0 unspecified atom stereocenters. The first-order valence-electron chi connectivity index (χ1n) is 8.39. The molecule has 0 aromatic heterocycles. The van der Waals surface area contributed by atoms with Gasteiger partial charge in [-0.05, 0) is 34.6 Å². The van der Waals surface area contributed by atoms with E-state index in [2.05, 4.69) is 10.3 Å². The highest BCUT2D eigenvalue weighted by Gasteiger charge is 2.28. The number of rotatable bonds is 3. The maximum Gasteiger partial charge on any atom is 0.410 e. The number of hydrogen-bond donors (Lipinski definition) is 2. The first-order valence-corrected chi connectivity index (χ1v) is 8.39. The van der Waals surface area contributed by atoms with Gasteiger partial charge in [-0.25, -0.2) is 9.59 Å². The fourth-order valence-corrected chi connectivity index (χ4v) is 2.39. The molecule has 0 saturated carbocycles. The van der Waals surface area contributed by atoms with E-state index in [-0.39, 0.29) is 12.2 Å². The summed E-state index contributed by atoms with van der Waals surface area (Å²) in [5.74, 6) is 0.460. The molecular formula is C17H30N4O4. The van der Waals surface area contributed by atoms with Gasteiger partial charge in [0.05, 0.1) is 0 Å². The molecule has 0 aromatic rings. The van der Waals surface area contributed by atoms with Crippen LogP contribution < -0.4 is 11.1 Å². The maximum atomic E-state index is 12.1. The van der Waals surface area contributed by atoms with Crippen LogP contribution in [0.25, 0.3) is 0 Å². The molecule has 142 valence electrons. The van der Waals surface area contributed by atoms with Crippen LogP contribution in [0.4, 0.5) is 9.59 Å². The molecule has 0 aliphatic carbocycles. The number of primary amides is 1. The van der Waals surface area contributed by atoms with E-state index in [1.165, 1.54) is 0 Å². The van der Waals surface area contributed by atoms with Gasteiger partial charge in [-0.15, -0.1) is 0 Å². The van der Waals surface area contributed by atoms with Crippen LogP contribution in [0.2, 0.25) is 0 Å². The van der Waals surface area contributed by atoms with Crippen LogP contribution in [-0.4, -0.2) is 54.8 Å². The Morgan fingerprint density at radius 3 is 2.20 bits per heavy atom. The zero-order chi connectivity index (χ0) is 19.2. The molecule has 3 amide bonds. The number of carbonyl (C=O) groups excluding carboxylic acids is 2. The smallest absolute Gasteiger partial charge is 0.410 e. The topological polar surface area (TPSA) is 106 Å². The minimum atomic E-state index is -0.627. The number of urea groups is 1. The van der Waals surface area contributed by atoms with Crippen LogP contribution in [0.5, 0.6) is 0 Å². The molecule has 0 atom stereocenters. The van der Waals surface area contributed by atoms with Crippen LogP contribution >= 0.6 is 0 Å². The van der Waals surface area contributed by atoms with Crippen molar-refractivity contribution in [1.29, 1.82) is 0 Å². The minimum Gasteiger partial charge on any atom is -0.474 e. The summed E-state index contributed by atoms with van der Waals surface area (Å²) in [6, 6.07) is -0.627. The molecule has 1 rings (SSSR count). The molecule has 1 aliphatic heterocycles. The second-order valence-corrected chi connectivity index (χ2v) is 7.05. The second-order valence-electron chi connectivity index (χ2n) is 7.05. The number of aliphatic imine (C=N–C) groups is 1. The van der Waals surface area contributed by atoms with Gasteiger partial charge in [0.15, 0.2) is 0 Å². The number of carbonyl (C=O) groups is 2. The van der Waals surface area contributed by atoms with Crippen molar-refractivity contribution in [1.82, 2.24) is 10.2 Å². The maximum absolute atomic E-state index is 12.1. The fraction of sp³-hybridized carbons (Fsp3) is 0.706. The van der Waals surface area contributed by atoms with Crippen LogP contribution in [-0.2, 0) is 9.47 Å². The average Bonchev–Trinajstić information content (AvgIpc) is 2.50. The zero-order valence-corrected chi connectivity index (χ0v) is 16.0. The Balaban J connectivity index is 2.60. The van der Waals surface area contributed by atoms with Gasteiger partial charge < -0.3 is 25.4 Å². The summed E-state index contributed by atoms with van der Waals surface area (Å²) in [4.78, 5) is 28.9. The molecular weight excluding hydrogens is 324 g/mol. The number of nitrogens with zero attached hydrogens (tertiary/aromatic N) is 2. The summed E-state index contributed by atoms with van der Waals surface area (Å²) in [6.45, 7) is 10.2. The Bertz CT molecular complexity index is 555. The molecule has 0 aromatic carbocycles. The molecule has 1 aliphatic rings. The van der Waals surface area contributed by atoms with Crippen molar-refractivity contribution < 1.29 is 19.1 Å². The van der Waals surface area contributed by atoms with Crippen LogP contribution in [0.1, 0.15) is 47.5 Å². The van der Waals surface area contributed by atoms with E-state index >= 15 is 0 Å². The Hall–Kier alpha value is -2.25. The van der Waals surface area contributed by atoms with Crippen LogP contribution in [0.3, 0.4) is 0 Å². The summed E-state index contributed by atoms with van der Waals surface area (Å²) in [6.07, 6.45) is 1.03. The highest BCUT2D eigenvalue weighted by molar-refractivity contribution is 5.94. The summed E-state index contributed by atoms with van der Waals surface area (Å²) < 4.78 is 11.3. The Morgan fingerprint density at radius 2 is 1.76 bits per heavy atom. The lowest BCUT2D eigenvalue weighted by molar-refractivity contribution is 0.0116. The lowest BCUT2D eigenvalue weighted by atomic mass is 10.1. The summed E-state index contributed by atoms with van der Waals surface area (Å²) in [7, 11) is 1.63. The van der Waals surface area contributed by atoms with Gasteiger partial charge in [0.1, 0.15) is 11.7 Å². The Morgan fingerprint density at radius 1 is 1.20 bits per heavy atom. The van der Waals surface area contributed by atoms with Crippen molar-refractivity contribution in [2.24, 2.45) is 10.7 Å². The predicted molar refractivity (Wildman–Crippen MR) is 96.4 cm³/mol. The van der Waals surface area contributed by atoms with Crippen molar-refractivity contribution in [3.05, 3.63) is 11.3 Å². The Labute approximate surface area is 149 Å². The molecule has 8 nitrogen and oxygen atoms in total. The highest BCUT2D eigenvalue weighted by atomic mass is 16.6. The molecule has 0 spiro atoms. The monoisotopic (exact) mass is 354 g/mol. The number of hydrogen-bond acceptors (Lipinski definition) is 5. The van der Waals surface area contributed by atoms with Crippen molar-refractivity contribution in [3.8, 4) is 0 Å². The third-order valence-corrected chi connectivity index (χ3v) is 3.77. The van der Waals surface area contributed by atoms with Gasteiger partial charge in [0.2, 0.25) is 5.90 Å². The first-order chi connectivity index (χ1) is 11.5. The number of likely N-dealkylation sites (tertiary alicyclic amines) is 1. The first kappa shape index (κ1) is 20.8. The summed E-state index contributed by atoms with van der Waals surface area (Å²) in [5, 5.41) is 2.53. The van der Waals surface area contributed by atoms with E-state index in [0.717, 1.165) is 5.57 Å². The second kappa shape index (κ2) is 8.73. The van der Waals surface area contributed by atoms with Gasteiger partial charge in [0.25, 0.3) is 0 Å². The largest absolute Gasteiger partial charge is 0.474 e. The molecule has 25 heavy (non-hydrogen) atoms. The number of amides is 3. The van der Waals surface area contributed by atoms with Crippen LogP contribution in [0, 0.1) is 0 Å². The number of allylic oxidation sites excluding steroid dienone is 1. The van der Waals surface area contributed by atoms with Crippen molar-refractivity contribution in [2.75, 3.05) is 20.1 Å². The lowest BCUT2D eigenvalue weighted by Crippen LogP contribution is -2.44. The third-order valence-electron chi connectivity index (χ3n) is 3.77. The summed E-state index contributed by atoms with van der Waals surface area (Å²) in [5.41, 5.74) is 5.94. The van der Waals surface area contributed by atoms with Crippen LogP contribution in [0.15, 0.2) is 16.3 Å². The molecule has 1 fully saturated rings. The van der Waals surface area contributed by atoms with Gasteiger partial charge in [-0.2, -0.15) is 0 Å². The molecule has 0 bridgehead atoms. The molecule has 0 radical (unpaired) electrons. The van der Waals surface area contributed by atoms with Crippen molar-refractivity contribution in [3.63, 3.8) is 0 Å². The molecule has 1 heterocycles. The Kier molecular flexibility index (Phi) is 7.26. The van der Waals surface area contributed by atoms with E-state index < -0.39 is 11.6 Å². The van der Waals surface area contributed by atoms with Gasteiger partial charge >= 0.3 is 12.1 Å². The van der Waals surface area contributed by atoms with Crippen molar-refractivity contribution >= 4 is 18.0 Å². The highest BCUT2D eigenvalue weighted by Crippen LogP contribution is 2.19. The summed E-state index contributed by atoms with van der Waals surface area (Å²) >= 11 is 0. The van der Waals surface area contributed by atoms with Gasteiger partial charge in [-0.1, -0.05) is 0 Å². The number of ether oxygens (including phenoxy) is 2. The normalized spacial score (nSPS) is 17.7. The number of nitrogens with one attached hydrogen (secondary N) is 1. The SMILES string of the molecule is CN=C(OC1CCN(C(=O)OC(C)(C)C)CC1)/C(C)=C(\C)NC(N)=O. The van der Waals surface area contributed by atoms with E-state index in [1.54, 1.807) is 18.9 Å². The lowest BCUT2D eigenvalue weighted by Gasteiger charge is -2.33. The molecule has 8 heteroatoms. The fourth-order valence-electron chi connectivity index (χ4n) is 2.39. The minimum absolute atomic E-state index is 0.0475. The van der Waals surface area contributed by atoms with E-state index in [0.29, 0.717) is 37.5 Å². The standard InChI is InChI=1S/C17H30N4O4/c1-11(12(2)20-15(18)22)14(19-6)24-13-7-9-21(10-8-13)16(23)25-17(3,4)5/h13H,7-10H2,1-6H3,(H3,18,20,22)/b12-11+,19-14?. The van der Waals surface area contributed by atoms with Gasteiger partial charge in [-0.3, -0.25) is 4.99 Å². The van der Waals surface area contributed by atoms with E-state index in [9.17, 15) is 9.59 Å². The average molecular weight is 354 g/mol. The van der Waals surface area contributed by atoms with E-state index in [1.807, 2.05) is 27.7 Å². The molecule has 1 saturated heterocycles. The van der Waals surface area contributed by atoms with Crippen molar-refractivity contribution in [2.45, 2.75) is 59.2 Å². The third kappa shape index (κ3) is 7.03. The predicted octanol–water partition coefficient (Wildman–Crippen LogP) is 2.39. The molecule has 3 N–H and O–H groups in total. The zero-order valence-electron chi connectivity index (χ0n) is 16.0. The quantitative estimate of drug-likeness (QED) is 0.599. The number of piperidine rings is 1. The van der Waals surface area contributed by atoms with E-state index in [4.69, 9.17) is 15.2 Å². The number of nitrogens with two attached hydrogens (primary N) is 1. The van der Waals surface area contributed by atoms with Gasteiger partial charge in [0, 0.05) is 44.2 Å².